The highest BCUT2D eigenvalue weighted by molar-refractivity contribution is 5.92. The minimum atomic E-state index is -0.346. The van der Waals surface area contributed by atoms with Gasteiger partial charge in [0.1, 0.15) is 17.2 Å². The maximum absolute atomic E-state index is 12.9. The van der Waals surface area contributed by atoms with Crippen molar-refractivity contribution in [1.29, 1.82) is 0 Å². The first-order valence-electron chi connectivity index (χ1n) is 8.36. The summed E-state index contributed by atoms with van der Waals surface area (Å²) in [5.74, 6) is 0.340. The van der Waals surface area contributed by atoms with Crippen molar-refractivity contribution >= 4 is 12.0 Å². The lowest BCUT2D eigenvalue weighted by Gasteiger charge is -2.38. The van der Waals surface area contributed by atoms with Crippen LogP contribution in [0.25, 0.3) is 6.08 Å². The average molecular weight is 339 g/mol. The zero-order chi connectivity index (χ0) is 18.0. The number of aryl methyl sites for hydroxylation is 1. The van der Waals surface area contributed by atoms with Gasteiger partial charge < -0.3 is 10.1 Å². The number of rotatable bonds is 3. The number of carbonyl (C=O) groups is 1. The van der Waals surface area contributed by atoms with Gasteiger partial charge in [-0.1, -0.05) is 29.8 Å². The van der Waals surface area contributed by atoms with Crippen LogP contribution in [0.2, 0.25) is 0 Å². The van der Waals surface area contributed by atoms with Crippen molar-refractivity contribution in [2.24, 2.45) is 0 Å². The van der Waals surface area contributed by atoms with Crippen LogP contribution in [-0.4, -0.2) is 11.5 Å². The summed E-state index contributed by atoms with van der Waals surface area (Å²) < 4.78 is 18.9. The van der Waals surface area contributed by atoms with E-state index in [0.29, 0.717) is 6.42 Å². The third kappa shape index (κ3) is 4.27. The number of hydrogen-bond donors (Lipinski definition) is 1. The van der Waals surface area contributed by atoms with Crippen LogP contribution in [0.15, 0.2) is 48.5 Å². The van der Waals surface area contributed by atoms with Gasteiger partial charge >= 0.3 is 0 Å². The lowest BCUT2D eigenvalue weighted by Crippen LogP contribution is -2.41. The summed E-state index contributed by atoms with van der Waals surface area (Å²) in [6.07, 6.45) is 3.85. The molecule has 2 aromatic rings. The van der Waals surface area contributed by atoms with Crippen LogP contribution < -0.4 is 10.1 Å². The standard InChI is InChI=1S/C21H22FNO2/c1-14-4-10-19-17(12-14)18(13-21(2,3)25-19)23-20(24)11-7-15-5-8-16(22)9-6-15/h4-12,18H,13H2,1-3H3,(H,23,24)/b11-7+/t18-/m1/s1. The Hall–Kier alpha value is -2.62. The molecule has 1 aliphatic rings. The summed E-state index contributed by atoms with van der Waals surface area (Å²) in [5.41, 5.74) is 2.56. The Morgan fingerprint density at radius 2 is 1.96 bits per heavy atom. The second kappa shape index (κ2) is 6.71. The van der Waals surface area contributed by atoms with E-state index in [0.717, 1.165) is 22.4 Å². The van der Waals surface area contributed by atoms with E-state index in [2.05, 4.69) is 11.4 Å². The van der Waals surface area contributed by atoms with Crippen LogP contribution in [0.4, 0.5) is 4.39 Å². The molecule has 1 N–H and O–H groups in total. The van der Waals surface area contributed by atoms with Crippen LogP contribution >= 0.6 is 0 Å². The van der Waals surface area contributed by atoms with E-state index in [1.165, 1.54) is 18.2 Å². The Bertz CT molecular complexity index is 809. The van der Waals surface area contributed by atoms with E-state index in [1.54, 1.807) is 18.2 Å². The zero-order valence-corrected chi connectivity index (χ0v) is 14.7. The first-order chi connectivity index (χ1) is 11.8. The fraction of sp³-hybridized carbons (Fsp3) is 0.286. The third-order valence-electron chi connectivity index (χ3n) is 4.24. The molecule has 0 radical (unpaired) electrons. The zero-order valence-electron chi connectivity index (χ0n) is 14.7. The second-order valence-corrected chi connectivity index (χ2v) is 7.05. The van der Waals surface area contributed by atoms with Gasteiger partial charge in [-0.05, 0) is 50.6 Å². The van der Waals surface area contributed by atoms with Gasteiger partial charge in [0.25, 0.3) is 0 Å². The van der Waals surface area contributed by atoms with Gasteiger partial charge in [-0.25, -0.2) is 4.39 Å². The van der Waals surface area contributed by atoms with Gasteiger partial charge in [-0.3, -0.25) is 4.79 Å². The van der Waals surface area contributed by atoms with Gasteiger partial charge in [0, 0.05) is 18.1 Å². The highest BCUT2D eigenvalue weighted by Crippen LogP contribution is 2.39. The molecule has 0 aliphatic carbocycles. The second-order valence-electron chi connectivity index (χ2n) is 7.05. The summed E-state index contributed by atoms with van der Waals surface area (Å²) in [7, 11) is 0. The molecule has 1 heterocycles. The fourth-order valence-electron chi connectivity index (χ4n) is 3.07. The quantitative estimate of drug-likeness (QED) is 0.832. The van der Waals surface area contributed by atoms with Crippen LogP contribution in [0, 0.1) is 12.7 Å². The monoisotopic (exact) mass is 339 g/mol. The summed E-state index contributed by atoms with van der Waals surface area (Å²) in [5, 5.41) is 3.06. The van der Waals surface area contributed by atoms with Crippen LogP contribution in [-0.2, 0) is 4.79 Å². The van der Waals surface area contributed by atoms with Crippen molar-refractivity contribution in [3.05, 3.63) is 71.0 Å². The predicted molar refractivity (Wildman–Crippen MR) is 96.8 cm³/mol. The van der Waals surface area contributed by atoms with Crippen LogP contribution in [0.3, 0.4) is 0 Å². The first-order valence-corrected chi connectivity index (χ1v) is 8.36. The molecular formula is C21H22FNO2. The molecule has 1 atom stereocenters. The Morgan fingerprint density at radius 1 is 1.24 bits per heavy atom. The molecule has 3 rings (SSSR count). The minimum Gasteiger partial charge on any atom is -0.487 e. The average Bonchev–Trinajstić information content (AvgIpc) is 2.54. The maximum atomic E-state index is 12.9. The van der Waals surface area contributed by atoms with Gasteiger partial charge in [0.05, 0.1) is 6.04 Å². The molecule has 4 heteroatoms. The Morgan fingerprint density at radius 3 is 2.68 bits per heavy atom. The SMILES string of the molecule is Cc1ccc2c(c1)[C@H](NC(=O)/C=C/c1ccc(F)cc1)CC(C)(C)O2. The number of ether oxygens (including phenoxy) is 1. The Labute approximate surface area is 147 Å². The summed E-state index contributed by atoms with van der Waals surface area (Å²) in [6, 6.07) is 11.9. The maximum Gasteiger partial charge on any atom is 0.244 e. The Balaban J connectivity index is 1.76. The van der Waals surface area contributed by atoms with Crippen LogP contribution in [0.5, 0.6) is 5.75 Å². The van der Waals surface area contributed by atoms with Gasteiger partial charge in [0.2, 0.25) is 5.91 Å². The molecule has 0 spiro atoms. The molecule has 0 saturated carbocycles. The topological polar surface area (TPSA) is 38.3 Å². The number of amides is 1. The third-order valence-corrected chi connectivity index (χ3v) is 4.24. The van der Waals surface area contributed by atoms with Crippen molar-refractivity contribution < 1.29 is 13.9 Å². The smallest absolute Gasteiger partial charge is 0.244 e. The molecule has 1 amide bonds. The number of nitrogens with one attached hydrogen (secondary N) is 1. The van der Waals surface area contributed by atoms with E-state index in [9.17, 15) is 9.18 Å². The number of hydrogen-bond acceptors (Lipinski definition) is 2. The lowest BCUT2D eigenvalue weighted by atomic mass is 9.89. The largest absolute Gasteiger partial charge is 0.487 e. The number of fused-ring (bicyclic) bond motifs is 1. The van der Waals surface area contributed by atoms with Crippen molar-refractivity contribution in [3.63, 3.8) is 0 Å². The Kier molecular flexibility index (Phi) is 4.62. The highest BCUT2D eigenvalue weighted by atomic mass is 19.1. The number of halogens is 1. The van der Waals surface area contributed by atoms with Gasteiger partial charge in [-0.2, -0.15) is 0 Å². The fourth-order valence-corrected chi connectivity index (χ4v) is 3.07. The van der Waals surface area contributed by atoms with Crippen LogP contribution in [0.1, 0.15) is 43.0 Å². The molecule has 130 valence electrons. The first kappa shape index (κ1) is 17.2. The van der Waals surface area contributed by atoms with Gasteiger partial charge in [-0.15, -0.1) is 0 Å². The van der Waals surface area contributed by atoms with E-state index in [4.69, 9.17) is 4.74 Å². The minimum absolute atomic E-state index is 0.107. The van der Waals surface area contributed by atoms with E-state index < -0.39 is 0 Å². The van der Waals surface area contributed by atoms with Crippen molar-refractivity contribution in [3.8, 4) is 5.75 Å². The molecular weight excluding hydrogens is 317 g/mol. The molecule has 0 saturated heterocycles. The summed E-state index contributed by atoms with van der Waals surface area (Å²) in [4.78, 5) is 12.3. The highest BCUT2D eigenvalue weighted by Gasteiger charge is 2.34. The van der Waals surface area contributed by atoms with E-state index in [1.807, 2.05) is 32.9 Å². The molecule has 25 heavy (non-hydrogen) atoms. The number of carbonyl (C=O) groups excluding carboxylic acids is 1. The predicted octanol–water partition coefficient (Wildman–Crippen LogP) is 4.57. The molecule has 0 aromatic heterocycles. The number of benzene rings is 2. The summed E-state index contributed by atoms with van der Waals surface area (Å²) >= 11 is 0. The molecule has 0 bridgehead atoms. The summed E-state index contributed by atoms with van der Waals surface area (Å²) in [6.45, 7) is 6.06. The molecule has 0 unspecified atom stereocenters. The molecule has 1 aliphatic heterocycles. The normalized spacial score (nSPS) is 18.5. The molecule has 3 nitrogen and oxygen atoms in total. The van der Waals surface area contributed by atoms with E-state index >= 15 is 0 Å². The van der Waals surface area contributed by atoms with Crippen molar-refractivity contribution in [2.45, 2.75) is 38.8 Å². The van der Waals surface area contributed by atoms with Gasteiger partial charge in [0.15, 0.2) is 0 Å². The molecule has 2 aromatic carbocycles. The molecule has 0 fully saturated rings. The van der Waals surface area contributed by atoms with E-state index in [-0.39, 0.29) is 23.4 Å². The van der Waals surface area contributed by atoms with Crippen molar-refractivity contribution in [1.82, 2.24) is 5.32 Å². The lowest BCUT2D eigenvalue weighted by molar-refractivity contribution is -0.117. The van der Waals surface area contributed by atoms with Crippen molar-refractivity contribution in [2.75, 3.05) is 0 Å².